The molecular formula is C17H34S. The minimum atomic E-state index is 0.197. The zero-order valence-corrected chi connectivity index (χ0v) is 14.3. The van der Waals surface area contributed by atoms with Crippen LogP contribution in [0.15, 0.2) is 0 Å². The van der Waals surface area contributed by atoms with Gasteiger partial charge in [0, 0.05) is 4.75 Å². The van der Waals surface area contributed by atoms with E-state index in [1.54, 1.807) is 0 Å². The summed E-state index contributed by atoms with van der Waals surface area (Å²) in [5.74, 6) is 2.42. The number of rotatable bonds is 6. The van der Waals surface area contributed by atoms with E-state index in [9.17, 15) is 0 Å². The summed E-state index contributed by atoms with van der Waals surface area (Å²) >= 11 is 5.19. The van der Waals surface area contributed by atoms with E-state index in [2.05, 4.69) is 41.5 Å². The molecule has 0 radical (unpaired) electrons. The minimum Gasteiger partial charge on any atom is -0.172 e. The van der Waals surface area contributed by atoms with E-state index < -0.39 is 0 Å². The molecule has 0 heterocycles. The maximum Gasteiger partial charge on any atom is 0.0163 e. The van der Waals surface area contributed by atoms with E-state index in [1.807, 2.05) is 0 Å². The Morgan fingerprint density at radius 2 is 1.94 bits per heavy atom. The Bertz CT molecular complexity index is 256. The van der Waals surface area contributed by atoms with Gasteiger partial charge in [0.15, 0.2) is 0 Å². The van der Waals surface area contributed by atoms with Crippen LogP contribution in [-0.2, 0) is 0 Å². The molecule has 1 heteroatoms. The van der Waals surface area contributed by atoms with Gasteiger partial charge in [-0.1, -0.05) is 60.8 Å². The molecular weight excluding hydrogens is 236 g/mol. The first-order valence-electron chi connectivity index (χ1n) is 7.97. The highest BCUT2D eigenvalue weighted by Gasteiger charge is 2.51. The molecule has 0 bridgehead atoms. The second kappa shape index (κ2) is 6.20. The van der Waals surface area contributed by atoms with Crippen LogP contribution in [-0.4, -0.2) is 4.75 Å². The first kappa shape index (κ1) is 16.4. The van der Waals surface area contributed by atoms with Crippen molar-refractivity contribution in [1.82, 2.24) is 0 Å². The number of thiol groups is 1. The topological polar surface area (TPSA) is 0 Å². The van der Waals surface area contributed by atoms with Crippen LogP contribution >= 0.6 is 12.6 Å². The van der Waals surface area contributed by atoms with E-state index >= 15 is 0 Å². The molecule has 0 spiro atoms. The average molecular weight is 271 g/mol. The van der Waals surface area contributed by atoms with Crippen molar-refractivity contribution >= 4 is 12.6 Å². The average Bonchev–Trinajstić information content (AvgIpc) is 2.60. The smallest absolute Gasteiger partial charge is 0.0163 e. The Labute approximate surface area is 121 Å². The predicted octanol–water partition coefficient (Wildman–Crippen LogP) is 5.96. The van der Waals surface area contributed by atoms with Crippen molar-refractivity contribution in [3.63, 3.8) is 0 Å². The van der Waals surface area contributed by atoms with Crippen LogP contribution in [0.1, 0.15) is 80.1 Å². The van der Waals surface area contributed by atoms with Crippen LogP contribution in [0.25, 0.3) is 0 Å². The highest BCUT2D eigenvalue weighted by Crippen LogP contribution is 2.58. The van der Waals surface area contributed by atoms with Gasteiger partial charge >= 0.3 is 0 Å². The van der Waals surface area contributed by atoms with Crippen LogP contribution < -0.4 is 0 Å². The fourth-order valence-electron chi connectivity index (χ4n) is 4.32. The summed E-state index contributed by atoms with van der Waals surface area (Å²) in [7, 11) is 0. The molecule has 4 atom stereocenters. The molecule has 0 nitrogen and oxygen atoms in total. The Morgan fingerprint density at radius 3 is 2.33 bits per heavy atom. The van der Waals surface area contributed by atoms with Gasteiger partial charge < -0.3 is 0 Å². The predicted molar refractivity (Wildman–Crippen MR) is 86.4 cm³/mol. The second-order valence-electron chi connectivity index (χ2n) is 7.54. The van der Waals surface area contributed by atoms with Gasteiger partial charge in [-0.05, 0) is 42.4 Å². The van der Waals surface area contributed by atoms with Crippen molar-refractivity contribution in [2.24, 2.45) is 23.2 Å². The summed E-state index contributed by atoms with van der Waals surface area (Å²) < 4.78 is 0.197. The van der Waals surface area contributed by atoms with E-state index in [4.69, 9.17) is 12.6 Å². The molecule has 1 aliphatic rings. The molecule has 0 aromatic carbocycles. The molecule has 18 heavy (non-hydrogen) atoms. The zero-order chi connectivity index (χ0) is 14.0. The summed E-state index contributed by atoms with van der Waals surface area (Å²) in [6.07, 6.45) is 8.10. The maximum absolute atomic E-state index is 5.19. The SMILES string of the molecule is CCC(C)CC(C)(S)C1(CC(C)C)CCCC1C. The molecule has 1 rings (SSSR count). The minimum absolute atomic E-state index is 0.197. The lowest BCUT2D eigenvalue weighted by molar-refractivity contribution is 0.0985. The zero-order valence-electron chi connectivity index (χ0n) is 13.4. The molecule has 0 aliphatic heterocycles. The lowest BCUT2D eigenvalue weighted by atomic mass is 9.62. The van der Waals surface area contributed by atoms with Gasteiger partial charge in [0.2, 0.25) is 0 Å². The first-order chi connectivity index (χ1) is 8.25. The van der Waals surface area contributed by atoms with E-state index in [1.165, 1.54) is 38.5 Å². The Balaban J connectivity index is 2.94. The molecule has 0 aromatic rings. The van der Waals surface area contributed by atoms with Crippen molar-refractivity contribution in [2.75, 3.05) is 0 Å². The van der Waals surface area contributed by atoms with Gasteiger partial charge in [-0.15, -0.1) is 0 Å². The quantitative estimate of drug-likeness (QED) is 0.565. The molecule has 108 valence electrons. The van der Waals surface area contributed by atoms with Crippen molar-refractivity contribution in [2.45, 2.75) is 84.8 Å². The molecule has 0 N–H and O–H groups in total. The first-order valence-corrected chi connectivity index (χ1v) is 8.42. The monoisotopic (exact) mass is 270 g/mol. The summed E-state index contributed by atoms with van der Waals surface area (Å²) in [6.45, 7) is 14.3. The fourth-order valence-corrected chi connectivity index (χ4v) is 5.06. The van der Waals surface area contributed by atoms with Crippen molar-refractivity contribution in [1.29, 1.82) is 0 Å². The fraction of sp³-hybridized carbons (Fsp3) is 1.00. The maximum atomic E-state index is 5.19. The van der Waals surface area contributed by atoms with Gasteiger partial charge in [0.25, 0.3) is 0 Å². The van der Waals surface area contributed by atoms with Gasteiger partial charge in [-0.25, -0.2) is 0 Å². The summed E-state index contributed by atoms with van der Waals surface area (Å²) in [4.78, 5) is 0. The van der Waals surface area contributed by atoms with Gasteiger partial charge in [0.05, 0.1) is 0 Å². The standard InChI is InChI=1S/C17H34S/c1-7-14(4)12-16(6,18)17(11-13(2)3)10-8-9-15(17)5/h13-15,18H,7-12H2,1-6H3. The highest BCUT2D eigenvalue weighted by molar-refractivity contribution is 7.81. The summed E-state index contributed by atoms with van der Waals surface area (Å²) in [5.41, 5.74) is 0.466. The summed E-state index contributed by atoms with van der Waals surface area (Å²) in [5, 5.41) is 0. The Morgan fingerprint density at radius 1 is 1.33 bits per heavy atom. The largest absolute Gasteiger partial charge is 0.172 e. The Hall–Kier alpha value is 0.350. The van der Waals surface area contributed by atoms with E-state index in [0.29, 0.717) is 5.41 Å². The molecule has 0 aromatic heterocycles. The van der Waals surface area contributed by atoms with Gasteiger partial charge in [-0.2, -0.15) is 12.6 Å². The lowest BCUT2D eigenvalue weighted by Gasteiger charge is -2.49. The van der Waals surface area contributed by atoms with Crippen LogP contribution in [0.3, 0.4) is 0 Å². The van der Waals surface area contributed by atoms with Gasteiger partial charge in [0.1, 0.15) is 0 Å². The van der Waals surface area contributed by atoms with E-state index in [0.717, 1.165) is 17.8 Å². The number of hydrogen-bond donors (Lipinski definition) is 1. The molecule has 0 amide bonds. The third-order valence-electron chi connectivity index (χ3n) is 5.49. The van der Waals surface area contributed by atoms with Crippen molar-refractivity contribution < 1.29 is 0 Å². The van der Waals surface area contributed by atoms with Crippen molar-refractivity contribution in [3.8, 4) is 0 Å². The molecule has 1 saturated carbocycles. The molecule has 1 aliphatic carbocycles. The third kappa shape index (κ3) is 3.26. The van der Waals surface area contributed by atoms with Crippen LogP contribution in [0, 0.1) is 23.2 Å². The van der Waals surface area contributed by atoms with Gasteiger partial charge in [-0.3, -0.25) is 0 Å². The third-order valence-corrected chi connectivity index (χ3v) is 6.12. The summed E-state index contributed by atoms with van der Waals surface area (Å²) in [6, 6.07) is 0. The second-order valence-corrected chi connectivity index (χ2v) is 8.53. The highest BCUT2D eigenvalue weighted by atomic mass is 32.1. The van der Waals surface area contributed by atoms with Crippen LogP contribution in [0.2, 0.25) is 0 Å². The normalized spacial score (nSPS) is 33.7. The number of hydrogen-bond acceptors (Lipinski definition) is 1. The Kier molecular flexibility index (Phi) is 5.65. The molecule has 4 unspecified atom stereocenters. The van der Waals surface area contributed by atoms with Crippen LogP contribution in [0.5, 0.6) is 0 Å². The molecule has 1 fully saturated rings. The molecule has 0 saturated heterocycles. The van der Waals surface area contributed by atoms with Crippen molar-refractivity contribution in [3.05, 3.63) is 0 Å². The van der Waals surface area contributed by atoms with E-state index in [-0.39, 0.29) is 4.75 Å². The van der Waals surface area contributed by atoms with Crippen LogP contribution in [0.4, 0.5) is 0 Å². The lowest BCUT2D eigenvalue weighted by Crippen LogP contribution is -2.45.